The highest BCUT2D eigenvalue weighted by Crippen LogP contribution is 2.30. The summed E-state index contributed by atoms with van der Waals surface area (Å²) in [7, 11) is 1.20. The van der Waals surface area contributed by atoms with E-state index in [1.807, 2.05) is 0 Å². The molecule has 0 bridgehead atoms. The number of carbonyl (C=O) groups is 1. The lowest BCUT2D eigenvalue weighted by atomic mass is 10.1. The molecule has 0 saturated carbocycles. The van der Waals surface area contributed by atoms with Gasteiger partial charge in [-0.3, -0.25) is 4.79 Å². The van der Waals surface area contributed by atoms with Gasteiger partial charge in [0.1, 0.15) is 0 Å². The number of hydrogen-bond acceptors (Lipinski definition) is 4. The number of methoxy groups -OCH3 is 1. The first kappa shape index (κ1) is 13.6. The number of alkyl halides is 4. The Balaban J connectivity index is 3.29. The zero-order valence-electron chi connectivity index (χ0n) is 8.55. The first-order chi connectivity index (χ1) is 7.91. The fourth-order valence-electron chi connectivity index (χ4n) is 1.08. The van der Waals surface area contributed by atoms with E-state index >= 15 is 0 Å². The van der Waals surface area contributed by atoms with Crippen molar-refractivity contribution in [1.82, 2.24) is 4.98 Å². The van der Waals surface area contributed by atoms with Gasteiger partial charge in [0.15, 0.2) is 6.29 Å². The summed E-state index contributed by atoms with van der Waals surface area (Å²) >= 11 is 5.45. The van der Waals surface area contributed by atoms with Crippen molar-refractivity contribution >= 4 is 17.9 Å². The van der Waals surface area contributed by atoms with Crippen molar-refractivity contribution < 1.29 is 27.4 Å². The Hall–Kier alpha value is -1.50. The maximum atomic E-state index is 12.1. The van der Waals surface area contributed by atoms with Gasteiger partial charge in [-0.1, -0.05) is 0 Å². The Morgan fingerprint density at radius 2 is 2.18 bits per heavy atom. The molecule has 1 heterocycles. The van der Waals surface area contributed by atoms with Gasteiger partial charge in [-0.05, 0) is 0 Å². The van der Waals surface area contributed by atoms with E-state index in [1.165, 1.54) is 13.2 Å². The lowest BCUT2D eigenvalue weighted by Crippen LogP contribution is -2.19. The van der Waals surface area contributed by atoms with Crippen molar-refractivity contribution in [2.45, 2.75) is 12.2 Å². The summed E-state index contributed by atoms with van der Waals surface area (Å²) < 4.78 is 44.6. The Labute approximate surface area is 99.3 Å². The molecular weight excluding hydrogens is 263 g/mol. The summed E-state index contributed by atoms with van der Waals surface area (Å²) in [5.41, 5.74) is -0.203. The Bertz CT molecular complexity index is 423. The lowest BCUT2D eigenvalue weighted by molar-refractivity contribution is -0.276. The van der Waals surface area contributed by atoms with Crippen LogP contribution in [0.4, 0.5) is 13.2 Å². The van der Waals surface area contributed by atoms with E-state index in [0.29, 0.717) is 6.29 Å². The van der Waals surface area contributed by atoms with Crippen LogP contribution in [0.2, 0.25) is 0 Å². The molecule has 1 aromatic heterocycles. The monoisotopic (exact) mass is 269 g/mol. The molecule has 0 saturated heterocycles. The Morgan fingerprint density at radius 1 is 1.53 bits per heavy atom. The topological polar surface area (TPSA) is 48.4 Å². The molecule has 0 aliphatic rings. The summed E-state index contributed by atoms with van der Waals surface area (Å²) in [4.78, 5) is 14.1. The van der Waals surface area contributed by atoms with Crippen LogP contribution in [0.25, 0.3) is 0 Å². The summed E-state index contributed by atoms with van der Waals surface area (Å²) in [6, 6.07) is 1.17. The average molecular weight is 270 g/mol. The van der Waals surface area contributed by atoms with Crippen molar-refractivity contribution in [3.8, 4) is 11.8 Å². The zero-order valence-corrected chi connectivity index (χ0v) is 9.30. The van der Waals surface area contributed by atoms with Crippen LogP contribution in [0, 0.1) is 0 Å². The third-order valence-electron chi connectivity index (χ3n) is 1.78. The van der Waals surface area contributed by atoms with Crippen molar-refractivity contribution in [2.75, 3.05) is 7.11 Å². The first-order valence-corrected chi connectivity index (χ1v) is 4.79. The molecule has 0 radical (unpaired) electrons. The van der Waals surface area contributed by atoms with Crippen LogP contribution in [0.3, 0.4) is 0 Å². The van der Waals surface area contributed by atoms with E-state index in [0.717, 1.165) is 0 Å². The van der Waals surface area contributed by atoms with Crippen LogP contribution >= 0.6 is 11.6 Å². The number of carbonyl (C=O) groups excluding carboxylic acids is 1. The van der Waals surface area contributed by atoms with Crippen molar-refractivity contribution in [3.05, 3.63) is 17.2 Å². The molecule has 0 unspecified atom stereocenters. The molecule has 0 atom stereocenters. The smallest absolute Gasteiger partial charge is 0.481 e. The van der Waals surface area contributed by atoms with Gasteiger partial charge in [-0.2, -0.15) is 4.98 Å². The second-order valence-electron chi connectivity index (χ2n) is 2.84. The predicted molar refractivity (Wildman–Crippen MR) is 52.4 cm³/mol. The van der Waals surface area contributed by atoms with E-state index in [1.54, 1.807) is 0 Å². The van der Waals surface area contributed by atoms with Crippen molar-refractivity contribution in [1.29, 1.82) is 0 Å². The first-order valence-electron chi connectivity index (χ1n) is 4.26. The fourth-order valence-corrected chi connectivity index (χ4v) is 1.35. The summed E-state index contributed by atoms with van der Waals surface area (Å²) in [6.07, 6.45) is -4.56. The standard InChI is InChI=1S/C9H7ClF3NO3/c1-16-7-2-5(4-15)6(3-10)8(14-7)17-9(11,12)13/h2,4H,3H2,1H3. The molecule has 4 nitrogen and oxygen atoms in total. The van der Waals surface area contributed by atoms with Gasteiger partial charge < -0.3 is 9.47 Å². The minimum Gasteiger partial charge on any atom is -0.481 e. The highest BCUT2D eigenvalue weighted by atomic mass is 35.5. The SMILES string of the molecule is COc1cc(C=O)c(CCl)c(OC(F)(F)F)n1. The second-order valence-corrected chi connectivity index (χ2v) is 3.10. The van der Waals surface area contributed by atoms with Crippen LogP contribution in [0.15, 0.2) is 6.07 Å². The molecule has 17 heavy (non-hydrogen) atoms. The highest BCUT2D eigenvalue weighted by molar-refractivity contribution is 6.17. The molecular formula is C9H7ClF3NO3. The number of aromatic nitrogens is 1. The predicted octanol–water partition coefficient (Wildman–Crippen LogP) is 2.54. The number of nitrogens with zero attached hydrogens (tertiary/aromatic N) is 1. The van der Waals surface area contributed by atoms with Crippen LogP contribution in [-0.2, 0) is 5.88 Å². The number of rotatable bonds is 4. The van der Waals surface area contributed by atoms with Crippen LogP contribution in [0.5, 0.6) is 11.8 Å². The maximum Gasteiger partial charge on any atom is 0.574 e. The van der Waals surface area contributed by atoms with E-state index in [4.69, 9.17) is 11.6 Å². The summed E-state index contributed by atoms with van der Waals surface area (Å²) in [5.74, 6) is -1.29. The van der Waals surface area contributed by atoms with Gasteiger partial charge in [-0.15, -0.1) is 24.8 Å². The largest absolute Gasteiger partial charge is 0.574 e. The summed E-state index contributed by atoms with van der Waals surface area (Å²) in [5, 5.41) is 0. The van der Waals surface area contributed by atoms with Gasteiger partial charge in [0.25, 0.3) is 0 Å². The maximum absolute atomic E-state index is 12.1. The zero-order chi connectivity index (χ0) is 13.1. The van der Waals surface area contributed by atoms with Gasteiger partial charge in [0.05, 0.1) is 13.0 Å². The lowest BCUT2D eigenvalue weighted by Gasteiger charge is -2.13. The molecule has 0 N–H and O–H groups in total. The molecule has 8 heteroatoms. The molecule has 0 spiro atoms. The molecule has 0 amide bonds. The second kappa shape index (κ2) is 5.22. The Morgan fingerprint density at radius 3 is 2.59 bits per heavy atom. The van der Waals surface area contributed by atoms with Crippen molar-refractivity contribution in [3.63, 3.8) is 0 Å². The molecule has 0 aliphatic heterocycles. The number of aldehydes is 1. The van der Waals surface area contributed by atoms with Crippen molar-refractivity contribution in [2.24, 2.45) is 0 Å². The van der Waals surface area contributed by atoms with Gasteiger partial charge in [0, 0.05) is 17.2 Å². The van der Waals surface area contributed by atoms with Crippen LogP contribution in [0.1, 0.15) is 15.9 Å². The molecule has 1 aromatic rings. The minimum atomic E-state index is -4.92. The van der Waals surface area contributed by atoms with E-state index in [2.05, 4.69) is 14.5 Å². The molecule has 1 rings (SSSR count). The number of pyridine rings is 1. The van der Waals surface area contributed by atoms with E-state index in [-0.39, 0.29) is 22.9 Å². The molecule has 0 aromatic carbocycles. The number of hydrogen-bond donors (Lipinski definition) is 0. The summed E-state index contributed by atoms with van der Waals surface area (Å²) in [6.45, 7) is 0. The average Bonchev–Trinajstić information content (AvgIpc) is 2.25. The molecule has 0 aliphatic carbocycles. The third-order valence-corrected chi connectivity index (χ3v) is 2.05. The minimum absolute atomic E-state index is 0.0638. The van der Waals surface area contributed by atoms with Gasteiger partial charge in [0.2, 0.25) is 11.8 Å². The molecule has 0 fully saturated rings. The number of ether oxygens (including phenoxy) is 2. The molecule has 94 valence electrons. The van der Waals surface area contributed by atoms with Gasteiger partial charge >= 0.3 is 6.36 Å². The highest BCUT2D eigenvalue weighted by Gasteiger charge is 2.33. The number of halogens is 4. The quantitative estimate of drug-likeness (QED) is 0.622. The van der Waals surface area contributed by atoms with Crippen LogP contribution < -0.4 is 9.47 Å². The Kier molecular flexibility index (Phi) is 4.17. The third kappa shape index (κ3) is 3.48. The van der Waals surface area contributed by atoms with E-state index in [9.17, 15) is 18.0 Å². The van der Waals surface area contributed by atoms with Crippen LogP contribution in [-0.4, -0.2) is 24.7 Å². The van der Waals surface area contributed by atoms with Gasteiger partial charge in [-0.25, -0.2) is 0 Å². The fraction of sp³-hybridized carbons (Fsp3) is 0.333. The normalized spacial score (nSPS) is 11.1. The van der Waals surface area contributed by atoms with E-state index < -0.39 is 12.2 Å².